The Kier molecular flexibility index (Phi) is 4.85. The van der Waals surface area contributed by atoms with Gasteiger partial charge in [0.2, 0.25) is 5.91 Å². The van der Waals surface area contributed by atoms with Crippen LogP contribution in [-0.2, 0) is 4.79 Å². The van der Waals surface area contributed by atoms with Crippen molar-refractivity contribution < 1.29 is 4.79 Å². The molecule has 2 saturated heterocycles. The summed E-state index contributed by atoms with van der Waals surface area (Å²) in [6.45, 7) is 3.24. The first-order valence-electron chi connectivity index (χ1n) is 8.83. The van der Waals surface area contributed by atoms with Crippen molar-refractivity contribution in [2.45, 2.75) is 57.0 Å². The number of amides is 1. The molecule has 0 aromatic carbocycles. The van der Waals surface area contributed by atoms with Crippen LogP contribution in [0.25, 0.3) is 0 Å². The summed E-state index contributed by atoms with van der Waals surface area (Å²) in [4.78, 5) is 17.1. The molecule has 4 nitrogen and oxygen atoms in total. The fourth-order valence-corrected chi connectivity index (χ4v) is 4.61. The number of fused-ring (bicyclic) bond motifs is 1. The lowest BCUT2D eigenvalue weighted by atomic mass is 9.77. The molecule has 2 heterocycles. The van der Waals surface area contributed by atoms with E-state index in [0.717, 1.165) is 25.4 Å². The molecule has 0 spiro atoms. The van der Waals surface area contributed by atoms with Gasteiger partial charge in [0.25, 0.3) is 0 Å². The molecule has 1 N–H and O–H groups in total. The number of piperidine rings is 1. The fraction of sp³-hybridized carbons (Fsp3) is 0.941. The zero-order chi connectivity index (χ0) is 14.8. The standard InChI is InChI=1S/C17H31N3O/c1-19-10-9-13(11-19)12-20(2)17(21)16-8-7-14-5-3-4-6-15(14)18-16/h13-16,18H,3-12H2,1-2H3. The molecule has 0 aromatic rings. The summed E-state index contributed by atoms with van der Waals surface area (Å²) in [7, 11) is 4.17. The lowest BCUT2D eigenvalue weighted by Crippen LogP contribution is -2.55. The van der Waals surface area contributed by atoms with Crippen LogP contribution in [0.1, 0.15) is 44.9 Å². The molecule has 1 saturated carbocycles. The number of nitrogens with one attached hydrogen (secondary N) is 1. The van der Waals surface area contributed by atoms with Gasteiger partial charge in [0.05, 0.1) is 6.04 Å². The molecule has 4 unspecified atom stereocenters. The van der Waals surface area contributed by atoms with Crippen LogP contribution in [0, 0.1) is 11.8 Å². The van der Waals surface area contributed by atoms with Gasteiger partial charge in [0.1, 0.15) is 0 Å². The van der Waals surface area contributed by atoms with Crippen LogP contribution in [0.3, 0.4) is 0 Å². The van der Waals surface area contributed by atoms with Crippen molar-refractivity contribution in [1.82, 2.24) is 15.1 Å². The first-order valence-corrected chi connectivity index (χ1v) is 8.83. The van der Waals surface area contributed by atoms with E-state index in [-0.39, 0.29) is 6.04 Å². The largest absolute Gasteiger partial charge is 0.344 e. The molecule has 0 aromatic heterocycles. The van der Waals surface area contributed by atoms with Gasteiger partial charge in [-0.1, -0.05) is 12.8 Å². The lowest BCUT2D eigenvalue weighted by Gasteiger charge is -2.41. The molecule has 3 rings (SSSR count). The maximum Gasteiger partial charge on any atom is 0.239 e. The Hall–Kier alpha value is -0.610. The molecular formula is C17H31N3O. The number of likely N-dealkylation sites (N-methyl/N-ethyl adjacent to an activating group) is 1. The third kappa shape index (κ3) is 3.59. The second-order valence-corrected chi connectivity index (χ2v) is 7.58. The number of carbonyl (C=O) groups excluding carboxylic acids is 1. The number of nitrogens with zero attached hydrogens (tertiary/aromatic N) is 2. The zero-order valence-electron chi connectivity index (χ0n) is 13.7. The molecule has 0 bridgehead atoms. The van der Waals surface area contributed by atoms with Crippen molar-refractivity contribution in [1.29, 1.82) is 0 Å². The summed E-state index contributed by atoms with van der Waals surface area (Å²) in [5.41, 5.74) is 0. The molecule has 1 amide bonds. The number of carbonyl (C=O) groups is 1. The maximum absolute atomic E-state index is 12.7. The lowest BCUT2D eigenvalue weighted by molar-refractivity contribution is -0.134. The second-order valence-electron chi connectivity index (χ2n) is 7.58. The van der Waals surface area contributed by atoms with Gasteiger partial charge in [-0.05, 0) is 57.5 Å². The molecule has 4 atom stereocenters. The van der Waals surface area contributed by atoms with Crippen molar-refractivity contribution in [3.8, 4) is 0 Å². The summed E-state index contributed by atoms with van der Waals surface area (Å²) in [5.74, 6) is 1.82. The highest BCUT2D eigenvalue weighted by molar-refractivity contribution is 5.81. The van der Waals surface area contributed by atoms with Crippen LogP contribution >= 0.6 is 0 Å². The van der Waals surface area contributed by atoms with Crippen molar-refractivity contribution >= 4 is 5.91 Å². The molecule has 1 aliphatic carbocycles. The van der Waals surface area contributed by atoms with Gasteiger partial charge in [0, 0.05) is 26.2 Å². The Labute approximate surface area is 129 Å². The number of hydrogen-bond acceptors (Lipinski definition) is 3. The van der Waals surface area contributed by atoms with Crippen LogP contribution in [0.4, 0.5) is 0 Å². The summed E-state index contributed by atoms with van der Waals surface area (Å²) in [5, 5.41) is 3.67. The predicted octanol–water partition coefficient (Wildman–Crippen LogP) is 1.71. The first kappa shape index (κ1) is 15.3. The smallest absolute Gasteiger partial charge is 0.239 e. The van der Waals surface area contributed by atoms with Crippen molar-refractivity contribution in [3.63, 3.8) is 0 Å². The monoisotopic (exact) mass is 293 g/mol. The Morgan fingerprint density at radius 2 is 2.00 bits per heavy atom. The highest BCUT2D eigenvalue weighted by atomic mass is 16.2. The molecule has 2 aliphatic heterocycles. The molecule has 21 heavy (non-hydrogen) atoms. The number of rotatable bonds is 3. The second kappa shape index (κ2) is 6.66. The Morgan fingerprint density at radius 1 is 1.19 bits per heavy atom. The van der Waals surface area contributed by atoms with E-state index in [4.69, 9.17) is 0 Å². The Bertz CT molecular complexity index is 373. The highest BCUT2D eigenvalue weighted by Gasteiger charge is 2.35. The minimum absolute atomic E-state index is 0.0773. The van der Waals surface area contributed by atoms with Gasteiger partial charge in [-0.2, -0.15) is 0 Å². The molecule has 120 valence electrons. The zero-order valence-corrected chi connectivity index (χ0v) is 13.7. The van der Waals surface area contributed by atoms with Gasteiger partial charge in [-0.3, -0.25) is 4.79 Å². The predicted molar refractivity (Wildman–Crippen MR) is 85.1 cm³/mol. The van der Waals surface area contributed by atoms with Crippen molar-refractivity contribution in [2.75, 3.05) is 33.7 Å². The summed E-state index contributed by atoms with van der Waals surface area (Å²) in [6.07, 6.45) is 8.87. The summed E-state index contributed by atoms with van der Waals surface area (Å²) < 4.78 is 0. The van der Waals surface area contributed by atoms with Gasteiger partial charge in [0.15, 0.2) is 0 Å². The van der Waals surface area contributed by atoms with Gasteiger partial charge < -0.3 is 15.1 Å². The summed E-state index contributed by atoms with van der Waals surface area (Å²) in [6, 6.07) is 0.681. The minimum Gasteiger partial charge on any atom is -0.344 e. The van der Waals surface area contributed by atoms with E-state index in [1.807, 2.05) is 11.9 Å². The fourth-order valence-electron chi connectivity index (χ4n) is 4.61. The van der Waals surface area contributed by atoms with Gasteiger partial charge in [-0.15, -0.1) is 0 Å². The first-order chi connectivity index (χ1) is 10.1. The third-order valence-electron chi connectivity index (χ3n) is 5.85. The quantitative estimate of drug-likeness (QED) is 0.860. The van der Waals surface area contributed by atoms with E-state index in [2.05, 4.69) is 17.3 Å². The normalized spacial score (nSPS) is 37.2. The van der Waals surface area contributed by atoms with E-state index in [9.17, 15) is 4.79 Å². The Balaban J connectivity index is 1.50. The van der Waals surface area contributed by atoms with Crippen LogP contribution in [0.15, 0.2) is 0 Å². The van der Waals surface area contributed by atoms with Gasteiger partial charge >= 0.3 is 0 Å². The van der Waals surface area contributed by atoms with E-state index >= 15 is 0 Å². The molecule has 3 aliphatic rings. The van der Waals surface area contributed by atoms with Crippen molar-refractivity contribution in [3.05, 3.63) is 0 Å². The Morgan fingerprint density at radius 3 is 2.76 bits per heavy atom. The van der Waals surface area contributed by atoms with Crippen LogP contribution in [0.2, 0.25) is 0 Å². The van der Waals surface area contributed by atoms with Crippen LogP contribution in [-0.4, -0.2) is 61.5 Å². The van der Waals surface area contributed by atoms with Crippen LogP contribution < -0.4 is 5.32 Å². The summed E-state index contributed by atoms with van der Waals surface area (Å²) >= 11 is 0. The topological polar surface area (TPSA) is 35.6 Å². The van der Waals surface area contributed by atoms with E-state index < -0.39 is 0 Å². The van der Waals surface area contributed by atoms with E-state index in [1.54, 1.807) is 0 Å². The van der Waals surface area contributed by atoms with Crippen LogP contribution in [0.5, 0.6) is 0 Å². The van der Waals surface area contributed by atoms with E-state index in [1.165, 1.54) is 45.1 Å². The number of likely N-dealkylation sites (tertiary alicyclic amines) is 1. The average molecular weight is 293 g/mol. The molecular weight excluding hydrogens is 262 g/mol. The van der Waals surface area contributed by atoms with E-state index in [0.29, 0.717) is 17.9 Å². The highest BCUT2D eigenvalue weighted by Crippen LogP contribution is 2.32. The molecule has 3 fully saturated rings. The maximum atomic E-state index is 12.7. The van der Waals surface area contributed by atoms with Gasteiger partial charge in [-0.25, -0.2) is 0 Å². The molecule has 4 heteroatoms. The average Bonchev–Trinajstić information content (AvgIpc) is 2.91. The SMILES string of the molecule is CN1CCC(CN(C)C(=O)C2CCC3CCCCC3N2)C1. The minimum atomic E-state index is 0.0773. The van der Waals surface area contributed by atoms with Crippen molar-refractivity contribution in [2.24, 2.45) is 11.8 Å². The third-order valence-corrected chi connectivity index (χ3v) is 5.85. The number of hydrogen-bond donors (Lipinski definition) is 1. The molecule has 0 radical (unpaired) electrons.